The van der Waals surface area contributed by atoms with E-state index in [-0.39, 0.29) is 17.7 Å². The normalized spacial score (nSPS) is 10.3. The van der Waals surface area contributed by atoms with Gasteiger partial charge in [0.05, 0.1) is 23.3 Å². The number of amides is 1. The highest BCUT2D eigenvalue weighted by atomic mass is 35.5. The van der Waals surface area contributed by atoms with Crippen molar-refractivity contribution in [2.45, 2.75) is 13.5 Å². The lowest BCUT2D eigenvalue weighted by Crippen LogP contribution is -2.27. The van der Waals surface area contributed by atoms with E-state index in [9.17, 15) is 9.59 Å². The third kappa shape index (κ3) is 4.40. The molecule has 0 radical (unpaired) electrons. The minimum Gasteiger partial charge on any atom is -0.323 e. The Morgan fingerprint density at radius 3 is 2.63 bits per heavy atom. The van der Waals surface area contributed by atoms with Crippen LogP contribution in [0.1, 0.15) is 11.1 Å². The van der Waals surface area contributed by atoms with Crippen LogP contribution < -0.4 is 10.9 Å². The van der Waals surface area contributed by atoms with Gasteiger partial charge in [-0.05, 0) is 25.1 Å². The summed E-state index contributed by atoms with van der Waals surface area (Å²) < 4.78 is 1.20. The number of rotatable bonds is 4. The van der Waals surface area contributed by atoms with E-state index < -0.39 is 5.91 Å². The minimum absolute atomic E-state index is 0.225. The summed E-state index contributed by atoms with van der Waals surface area (Å²) in [6, 6.07) is 15.6. The fraction of sp³-hybridized carbons (Fsp3) is 0.100. The molecule has 2 aromatic carbocycles. The van der Waals surface area contributed by atoms with Crippen molar-refractivity contribution in [3.05, 3.63) is 81.4 Å². The van der Waals surface area contributed by atoms with Gasteiger partial charge >= 0.3 is 0 Å². The van der Waals surface area contributed by atoms with Gasteiger partial charge in [-0.2, -0.15) is 5.26 Å². The molecule has 1 amide bonds. The fourth-order valence-corrected chi connectivity index (χ4v) is 2.66. The third-order valence-electron chi connectivity index (χ3n) is 3.92. The standard InChI is InChI=1S/C20H15ClN4O2/c1-13-2-4-14(5-3-13)17-9-20(27)25(12-23-17)11-19(26)24-18-8-16(21)7-6-15(18)10-22/h2-9,12H,11H2,1H3,(H,24,26). The van der Waals surface area contributed by atoms with E-state index in [0.29, 0.717) is 16.4 Å². The number of halogens is 1. The van der Waals surface area contributed by atoms with Gasteiger partial charge in [-0.1, -0.05) is 41.4 Å². The van der Waals surface area contributed by atoms with Gasteiger partial charge in [-0.3, -0.25) is 14.2 Å². The Hall–Kier alpha value is -3.43. The summed E-state index contributed by atoms with van der Waals surface area (Å²) in [7, 11) is 0. The predicted octanol–water partition coefficient (Wildman–Crippen LogP) is 3.38. The first-order valence-electron chi connectivity index (χ1n) is 8.09. The Kier molecular flexibility index (Phi) is 5.34. The molecule has 0 spiro atoms. The molecule has 3 aromatic rings. The molecule has 6 nitrogen and oxygen atoms in total. The van der Waals surface area contributed by atoms with Crippen LogP contribution in [-0.4, -0.2) is 15.5 Å². The largest absolute Gasteiger partial charge is 0.323 e. The van der Waals surface area contributed by atoms with E-state index >= 15 is 0 Å². The molecule has 27 heavy (non-hydrogen) atoms. The van der Waals surface area contributed by atoms with Gasteiger partial charge < -0.3 is 5.32 Å². The smallest absolute Gasteiger partial charge is 0.254 e. The number of carbonyl (C=O) groups is 1. The number of benzene rings is 2. The SMILES string of the molecule is Cc1ccc(-c2cc(=O)n(CC(=O)Nc3cc(Cl)ccc3C#N)cn2)cc1. The van der Waals surface area contributed by atoms with Crippen molar-refractivity contribution in [2.75, 3.05) is 5.32 Å². The average molecular weight is 379 g/mol. The Bertz CT molecular complexity index is 1100. The van der Waals surface area contributed by atoms with Crippen LogP contribution in [0.5, 0.6) is 0 Å². The molecule has 0 aliphatic heterocycles. The molecular weight excluding hydrogens is 364 g/mol. The van der Waals surface area contributed by atoms with Gasteiger partial charge in [-0.15, -0.1) is 0 Å². The number of nitriles is 1. The summed E-state index contributed by atoms with van der Waals surface area (Å²) in [6.07, 6.45) is 1.33. The molecule has 7 heteroatoms. The number of carbonyl (C=O) groups excluding carboxylic acids is 1. The molecule has 0 saturated carbocycles. The van der Waals surface area contributed by atoms with Gasteiger partial charge in [0, 0.05) is 16.7 Å². The Labute approximate surface area is 160 Å². The average Bonchev–Trinajstić information content (AvgIpc) is 2.64. The highest BCUT2D eigenvalue weighted by Crippen LogP contribution is 2.20. The van der Waals surface area contributed by atoms with Crippen molar-refractivity contribution in [2.24, 2.45) is 0 Å². The molecule has 0 fully saturated rings. The van der Waals surface area contributed by atoms with Crippen LogP contribution in [0.15, 0.2) is 59.7 Å². The highest BCUT2D eigenvalue weighted by Gasteiger charge is 2.10. The van der Waals surface area contributed by atoms with Crippen molar-refractivity contribution < 1.29 is 4.79 Å². The van der Waals surface area contributed by atoms with Crippen LogP contribution in [0.25, 0.3) is 11.3 Å². The lowest BCUT2D eigenvalue weighted by Gasteiger charge is -2.09. The second-order valence-electron chi connectivity index (χ2n) is 5.96. The quantitative estimate of drug-likeness (QED) is 0.753. The lowest BCUT2D eigenvalue weighted by molar-refractivity contribution is -0.116. The van der Waals surface area contributed by atoms with E-state index in [2.05, 4.69) is 10.3 Å². The minimum atomic E-state index is -0.458. The summed E-state index contributed by atoms with van der Waals surface area (Å²) in [4.78, 5) is 28.8. The predicted molar refractivity (Wildman–Crippen MR) is 103 cm³/mol. The summed E-state index contributed by atoms with van der Waals surface area (Å²) >= 11 is 5.90. The van der Waals surface area contributed by atoms with Crippen LogP contribution >= 0.6 is 11.6 Å². The molecule has 0 aliphatic carbocycles. The number of nitrogens with one attached hydrogen (secondary N) is 1. The number of anilines is 1. The summed E-state index contributed by atoms with van der Waals surface area (Å²) in [5.74, 6) is -0.458. The monoisotopic (exact) mass is 378 g/mol. The highest BCUT2D eigenvalue weighted by molar-refractivity contribution is 6.31. The molecular formula is C20H15ClN4O2. The maximum atomic E-state index is 12.3. The van der Waals surface area contributed by atoms with E-state index in [0.717, 1.165) is 11.1 Å². The molecule has 0 saturated heterocycles. The summed E-state index contributed by atoms with van der Waals surface area (Å²) in [5, 5.41) is 12.1. The molecule has 0 atom stereocenters. The van der Waals surface area contributed by atoms with Crippen LogP contribution in [0, 0.1) is 18.3 Å². The van der Waals surface area contributed by atoms with Crippen molar-refractivity contribution in [1.82, 2.24) is 9.55 Å². The maximum absolute atomic E-state index is 12.3. The van der Waals surface area contributed by atoms with Crippen LogP contribution in [-0.2, 0) is 11.3 Å². The molecule has 1 N–H and O–H groups in total. The van der Waals surface area contributed by atoms with Gasteiger partial charge in [0.1, 0.15) is 12.6 Å². The maximum Gasteiger partial charge on any atom is 0.254 e. The van der Waals surface area contributed by atoms with Crippen LogP contribution in [0.4, 0.5) is 5.69 Å². The molecule has 0 unspecified atom stereocenters. The number of nitrogens with zero attached hydrogens (tertiary/aromatic N) is 3. The molecule has 134 valence electrons. The Morgan fingerprint density at radius 1 is 1.22 bits per heavy atom. The molecule has 1 aromatic heterocycles. The van der Waals surface area contributed by atoms with Crippen molar-refractivity contribution in [3.63, 3.8) is 0 Å². The first-order chi connectivity index (χ1) is 13.0. The third-order valence-corrected chi connectivity index (χ3v) is 4.15. The van der Waals surface area contributed by atoms with Crippen LogP contribution in [0.3, 0.4) is 0 Å². The van der Waals surface area contributed by atoms with E-state index in [4.69, 9.17) is 16.9 Å². The number of hydrogen-bond acceptors (Lipinski definition) is 4. The first kappa shape index (κ1) is 18.4. The van der Waals surface area contributed by atoms with Gasteiger partial charge in [0.2, 0.25) is 5.91 Å². The summed E-state index contributed by atoms with van der Waals surface area (Å²) in [6.45, 7) is 1.75. The van der Waals surface area contributed by atoms with E-state index in [1.165, 1.54) is 29.1 Å². The lowest BCUT2D eigenvalue weighted by atomic mass is 10.1. The van der Waals surface area contributed by atoms with Crippen molar-refractivity contribution in [1.29, 1.82) is 5.26 Å². The van der Waals surface area contributed by atoms with E-state index in [1.54, 1.807) is 6.07 Å². The molecule has 1 heterocycles. The molecule has 3 rings (SSSR count). The zero-order valence-electron chi connectivity index (χ0n) is 14.4. The topological polar surface area (TPSA) is 87.8 Å². The van der Waals surface area contributed by atoms with Gasteiger partial charge in [0.25, 0.3) is 5.56 Å². The fourth-order valence-electron chi connectivity index (χ4n) is 2.49. The van der Waals surface area contributed by atoms with Gasteiger partial charge in [0.15, 0.2) is 0 Å². The molecule has 0 aliphatic rings. The number of aromatic nitrogens is 2. The van der Waals surface area contributed by atoms with Gasteiger partial charge in [-0.25, -0.2) is 4.98 Å². The Balaban J connectivity index is 1.77. The number of hydrogen-bond donors (Lipinski definition) is 1. The Morgan fingerprint density at radius 2 is 1.96 bits per heavy atom. The first-order valence-corrected chi connectivity index (χ1v) is 8.47. The van der Waals surface area contributed by atoms with Crippen molar-refractivity contribution in [3.8, 4) is 17.3 Å². The van der Waals surface area contributed by atoms with E-state index in [1.807, 2.05) is 37.3 Å². The summed E-state index contributed by atoms with van der Waals surface area (Å²) in [5.41, 5.74) is 2.72. The number of aryl methyl sites for hydroxylation is 1. The van der Waals surface area contributed by atoms with Crippen LogP contribution in [0.2, 0.25) is 5.02 Å². The zero-order chi connectivity index (χ0) is 19.4. The van der Waals surface area contributed by atoms with Crippen molar-refractivity contribution >= 4 is 23.2 Å². The second-order valence-corrected chi connectivity index (χ2v) is 6.39. The zero-order valence-corrected chi connectivity index (χ0v) is 15.2. The molecule has 0 bridgehead atoms. The second kappa shape index (κ2) is 7.85.